The molecule has 0 aliphatic heterocycles. The summed E-state index contributed by atoms with van der Waals surface area (Å²) in [5, 5.41) is 13.0. The molecule has 0 atom stereocenters. The van der Waals surface area contributed by atoms with Crippen LogP contribution in [0.15, 0.2) is 42.6 Å². The summed E-state index contributed by atoms with van der Waals surface area (Å²) < 4.78 is 0. The van der Waals surface area contributed by atoms with E-state index in [1.165, 1.54) is 0 Å². The molecule has 9 heteroatoms. The minimum atomic E-state index is -0.170. The molecule has 2 heterocycles. The van der Waals surface area contributed by atoms with E-state index < -0.39 is 0 Å². The van der Waals surface area contributed by atoms with E-state index in [1.807, 2.05) is 20.0 Å². The van der Waals surface area contributed by atoms with Gasteiger partial charge in [-0.15, -0.1) is 0 Å². The van der Waals surface area contributed by atoms with Crippen molar-refractivity contribution in [3.8, 4) is 0 Å². The summed E-state index contributed by atoms with van der Waals surface area (Å²) in [5.74, 6) is 1.47. The van der Waals surface area contributed by atoms with Crippen LogP contribution in [-0.4, -0.2) is 46.0 Å². The molecule has 0 radical (unpaired) electrons. The third-order valence-electron chi connectivity index (χ3n) is 4.59. The molecule has 0 unspecified atom stereocenters. The van der Waals surface area contributed by atoms with Gasteiger partial charge in [-0.05, 0) is 36.2 Å². The lowest BCUT2D eigenvalue weighted by molar-refractivity contribution is 0.0993. The highest BCUT2D eigenvalue weighted by Gasteiger charge is 2.15. The standard InChI is InChI=1S/C22H23Cl2N5O2/c1-3-15-13-20(28-22(26-15)29(2)9-10-30)27-19-12-14(7-8-25-19)11-18(31)21-16(23)5-4-6-17(21)24/h4-8,12-13,30H,3,9-11H2,1-2H3,(H,25,26,27,28). The summed E-state index contributed by atoms with van der Waals surface area (Å²) in [7, 11) is 1.82. The number of aromatic nitrogens is 3. The highest BCUT2D eigenvalue weighted by molar-refractivity contribution is 6.39. The molecule has 0 aliphatic carbocycles. The molecule has 2 N–H and O–H groups in total. The van der Waals surface area contributed by atoms with Crippen LogP contribution < -0.4 is 10.2 Å². The number of carbonyl (C=O) groups excluding carboxylic acids is 1. The maximum Gasteiger partial charge on any atom is 0.227 e. The summed E-state index contributed by atoms with van der Waals surface area (Å²) in [6.45, 7) is 2.44. The highest BCUT2D eigenvalue weighted by atomic mass is 35.5. The quantitative estimate of drug-likeness (QED) is 0.459. The molecule has 0 bridgehead atoms. The summed E-state index contributed by atoms with van der Waals surface area (Å²) >= 11 is 12.3. The Kier molecular flexibility index (Phi) is 7.79. The number of aliphatic hydroxyl groups excluding tert-OH is 1. The molecule has 2 aromatic heterocycles. The van der Waals surface area contributed by atoms with Crippen molar-refractivity contribution >= 4 is 46.6 Å². The van der Waals surface area contributed by atoms with Crippen LogP contribution in [0.4, 0.5) is 17.6 Å². The highest BCUT2D eigenvalue weighted by Crippen LogP contribution is 2.26. The number of likely N-dealkylation sites (N-methyl/N-ethyl adjacent to an activating group) is 1. The van der Waals surface area contributed by atoms with Gasteiger partial charge in [0, 0.05) is 38.0 Å². The first kappa shape index (κ1) is 22.9. The number of benzene rings is 1. The number of aliphatic hydroxyl groups is 1. The van der Waals surface area contributed by atoms with Gasteiger partial charge in [0.15, 0.2) is 5.78 Å². The Morgan fingerprint density at radius 3 is 2.55 bits per heavy atom. The third kappa shape index (κ3) is 5.91. The van der Waals surface area contributed by atoms with Crippen LogP contribution in [-0.2, 0) is 12.8 Å². The normalized spacial score (nSPS) is 10.7. The van der Waals surface area contributed by atoms with Crippen molar-refractivity contribution in [2.75, 3.05) is 30.4 Å². The first-order chi connectivity index (χ1) is 14.9. The first-order valence-corrected chi connectivity index (χ1v) is 10.6. The monoisotopic (exact) mass is 459 g/mol. The van der Waals surface area contributed by atoms with Gasteiger partial charge in [-0.3, -0.25) is 4.79 Å². The number of hydrogen-bond acceptors (Lipinski definition) is 7. The van der Waals surface area contributed by atoms with Gasteiger partial charge in [-0.2, -0.15) is 4.98 Å². The zero-order valence-electron chi connectivity index (χ0n) is 17.3. The van der Waals surface area contributed by atoms with E-state index in [2.05, 4.69) is 20.3 Å². The van der Waals surface area contributed by atoms with Gasteiger partial charge in [-0.25, -0.2) is 9.97 Å². The number of halogens is 2. The van der Waals surface area contributed by atoms with E-state index >= 15 is 0 Å². The maximum absolute atomic E-state index is 12.7. The van der Waals surface area contributed by atoms with Crippen LogP contribution in [0.2, 0.25) is 10.0 Å². The average Bonchev–Trinajstić information content (AvgIpc) is 2.73. The fourth-order valence-electron chi connectivity index (χ4n) is 2.97. The summed E-state index contributed by atoms with van der Waals surface area (Å²) in [5.41, 5.74) is 1.94. The zero-order chi connectivity index (χ0) is 22.4. The van der Waals surface area contributed by atoms with Crippen LogP contribution in [0.1, 0.15) is 28.5 Å². The molecule has 31 heavy (non-hydrogen) atoms. The van der Waals surface area contributed by atoms with Crippen molar-refractivity contribution in [2.24, 2.45) is 0 Å². The van der Waals surface area contributed by atoms with Gasteiger partial charge in [0.2, 0.25) is 5.95 Å². The van der Waals surface area contributed by atoms with Crippen molar-refractivity contribution in [1.82, 2.24) is 15.0 Å². The number of pyridine rings is 1. The van der Waals surface area contributed by atoms with Crippen molar-refractivity contribution in [2.45, 2.75) is 19.8 Å². The molecule has 0 spiro atoms. The lowest BCUT2D eigenvalue weighted by Crippen LogP contribution is -2.24. The Balaban J connectivity index is 1.81. The predicted octanol–water partition coefficient (Wildman–Crippen LogP) is 4.34. The molecule has 0 saturated carbocycles. The number of ketones is 1. The van der Waals surface area contributed by atoms with E-state index in [-0.39, 0.29) is 18.8 Å². The lowest BCUT2D eigenvalue weighted by atomic mass is 10.0. The smallest absolute Gasteiger partial charge is 0.227 e. The second-order valence-electron chi connectivity index (χ2n) is 6.91. The Morgan fingerprint density at radius 1 is 1.13 bits per heavy atom. The fraction of sp³-hybridized carbons (Fsp3) is 0.273. The minimum Gasteiger partial charge on any atom is -0.395 e. The Morgan fingerprint density at radius 2 is 1.87 bits per heavy atom. The second-order valence-corrected chi connectivity index (χ2v) is 7.73. The maximum atomic E-state index is 12.7. The van der Waals surface area contributed by atoms with Gasteiger partial charge in [0.1, 0.15) is 11.6 Å². The molecule has 0 aliphatic rings. The molecule has 3 aromatic rings. The number of nitrogens with one attached hydrogen (secondary N) is 1. The Hall–Kier alpha value is -2.74. The molecule has 3 rings (SSSR count). The molecule has 1 aromatic carbocycles. The third-order valence-corrected chi connectivity index (χ3v) is 5.22. The topological polar surface area (TPSA) is 91.2 Å². The fourth-order valence-corrected chi connectivity index (χ4v) is 3.58. The van der Waals surface area contributed by atoms with Crippen molar-refractivity contribution < 1.29 is 9.90 Å². The molecule has 0 fully saturated rings. The van der Waals surface area contributed by atoms with Crippen molar-refractivity contribution in [3.63, 3.8) is 0 Å². The van der Waals surface area contributed by atoms with Crippen LogP contribution in [0.25, 0.3) is 0 Å². The molecule has 0 amide bonds. The molecular formula is C22H23Cl2N5O2. The van der Waals surface area contributed by atoms with Gasteiger partial charge in [0.25, 0.3) is 0 Å². The zero-order valence-corrected chi connectivity index (χ0v) is 18.8. The molecule has 0 saturated heterocycles. The second kappa shape index (κ2) is 10.5. The van der Waals surface area contributed by atoms with Crippen LogP contribution in [0.3, 0.4) is 0 Å². The van der Waals surface area contributed by atoms with Crippen LogP contribution in [0.5, 0.6) is 0 Å². The van der Waals surface area contributed by atoms with Gasteiger partial charge >= 0.3 is 0 Å². The number of aryl methyl sites for hydroxylation is 1. The number of carbonyl (C=O) groups is 1. The summed E-state index contributed by atoms with van der Waals surface area (Å²) in [4.78, 5) is 27.8. The van der Waals surface area contributed by atoms with Gasteiger partial charge in [0.05, 0.1) is 22.2 Å². The van der Waals surface area contributed by atoms with E-state index in [0.717, 1.165) is 17.7 Å². The largest absolute Gasteiger partial charge is 0.395 e. The first-order valence-electron chi connectivity index (χ1n) is 9.80. The SMILES string of the molecule is CCc1cc(Nc2cc(CC(=O)c3c(Cl)cccc3Cl)ccn2)nc(N(C)CCO)n1. The van der Waals surface area contributed by atoms with E-state index in [0.29, 0.717) is 39.7 Å². The molecule has 162 valence electrons. The predicted molar refractivity (Wildman–Crippen MR) is 124 cm³/mol. The average molecular weight is 460 g/mol. The van der Waals surface area contributed by atoms with Gasteiger partial charge in [-0.1, -0.05) is 36.2 Å². The van der Waals surface area contributed by atoms with E-state index in [1.54, 1.807) is 41.4 Å². The van der Waals surface area contributed by atoms with Crippen molar-refractivity contribution in [3.05, 3.63) is 69.5 Å². The lowest BCUT2D eigenvalue weighted by Gasteiger charge is -2.17. The van der Waals surface area contributed by atoms with Crippen molar-refractivity contribution in [1.29, 1.82) is 0 Å². The van der Waals surface area contributed by atoms with E-state index in [9.17, 15) is 9.90 Å². The number of anilines is 3. The Labute approximate surface area is 191 Å². The summed E-state index contributed by atoms with van der Waals surface area (Å²) in [6, 6.07) is 10.4. The number of rotatable bonds is 9. The number of hydrogen-bond donors (Lipinski definition) is 2. The summed E-state index contributed by atoms with van der Waals surface area (Å²) in [6.07, 6.45) is 2.49. The van der Waals surface area contributed by atoms with Crippen LogP contribution >= 0.6 is 23.2 Å². The number of nitrogens with zero attached hydrogens (tertiary/aromatic N) is 4. The van der Waals surface area contributed by atoms with Gasteiger partial charge < -0.3 is 15.3 Å². The van der Waals surface area contributed by atoms with Crippen LogP contribution in [0, 0.1) is 0 Å². The molecular weight excluding hydrogens is 437 g/mol. The molecule has 7 nitrogen and oxygen atoms in total. The minimum absolute atomic E-state index is 0.00600. The Bertz CT molecular complexity index is 1060. The van der Waals surface area contributed by atoms with E-state index in [4.69, 9.17) is 23.2 Å². The number of Topliss-reactive ketones (excluding diaryl/α,β-unsaturated/α-hetero) is 1.